The first kappa shape index (κ1) is 23.5. The Kier molecular flexibility index (Phi) is 6.08. The summed E-state index contributed by atoms with van der Waals surface area (Å²) in [6.07, 6.45) is 5.29. The van der Waals surface area contributed by atoms with Gasteiger partial charge in [0.15, 0.2) is 10.9 Å². The second-order valence-corrected chi connectivity index (χ2v) is 9.81. The monoisotopic (exact) mass is 503 g/mol. The van der Waals surface area contributed by atoms with E-state index in [4.69, 9.17) is 4.74 Å². The number of piperidine rings is 1. The zero-order chi connectivity index (χ0) is 25.5. The van der Waals surface area contributed by atoms with E-state index in [1.54, 1.807) is 37.7 Å². The largest absolute Gasteiger partial charge is 0.497 e. The minimum atomic E-state index is -0.485. The van der Waals surface area contributed by atoms with Gasteiger partial charge in [0.05, 0.1) is 40.3 Å². The number of anilines is 2. The van der Waals surface area contributed by atoms with Crippen molar-refractivity contribution in [3.63, 3.8) is 0 Å². The number of nitrogens with one attached hydrogen (secondary N) is 2. The molecule has 0 saturated carbocycles. The average Bonchev–Trinajstić information content (AvgIpc) is 2.93. The van der Waals surface area contributed by atoms with Crippen molar-refractivity contribution in [3.8, 4) is 5.75 Å². The molecule has 0 radical (unpaired) electrons. The highest BCUT2D eigenvalue weighted by Gasteiger charge is 2.29. The summed E-state index contributed by atoms with van der Waals surface area (Å²) >= 11 is 0. The number of nitrogens with zero attached hydrogens (tertiary/aromatic N) is 3. The van der Waals surface area contributed by atoms with E-state index in [9.17, 15) is 14.0 Å². The van der Waals surface area contributed by atoms with Gasteiger partial charge in [-0.2, -0.15) is 0 Å². The van der Waals surface area contributed by atoms with Gasteiger partial charge < -0.3 is 24.5 Å². The number of aromatic nitrogens is 2. The highest BCUT2D eigenvalue weighted by atomic mass is 19.1. The van der Waals surface area contributed by atoms with Gasteiger partial charge >= 0.3 is 0 Å². The number of rotatable bonds is 4. The van der Waals surface area contributed by atoms with Gasteiger partial charge in [0, 0.05) is 75.9 Å². The van der Waals surface area contributed by atoms with Gasteiger partial charge in [-0.3, -0.25) is 14.5 Å². The molecule has 2 aromatic carbocycles. The maximum atomic E-state index is 14.3. The second-order valence-electron chi connectivity index (χ2n) is 9.81. The Labute approximate surface area is 213 Å². The van der Waals surface area contributed by atoms with E-state index < -0.39 is 5.82 Å². The maximum absolute atomic E-state index is 14.3. The molecule has 4 heterocycles. The van der Waals surface area contributed by atoms with Crippen molar-refractivity contribution in [1.29, 1.82) is 0 Å². The molecule has 0 amide bonds. The van der Waals surface area contributed by atoms with E-state index in [1.165, 1.54) is 12.1 Å². The normalized spacial score (nSPS) is 17.6. The SMILES string of the molecule is COc1cc(N2CCN(C3CCN(c4ccc(F)c5c(=O)cc[nH]c45)CC3)CC2)c2[nH]ccc(=O)c2c1. The topological polar surface area (TPSA) is 84.7 Å². The number of hydrogen-bond acceptors (Lipinski definition) is 6. The molecule has 0 atom stereocenters. The molecule has 2 aliphatic heterocycles. The number of piperazine rings is 1. The van der Waals surface area contributed by atoms with E-state index in [1.807, 2.05) is 6.07 Å². The van der Waals surface area contributed by atoms with Crippen LogP contribution in [-0.4, -0.2) is 67.3 Å². The van der Waals surface area contributed by atoms with E-state index in [-0.39, 0.29) is 16.2 Å². The zero-order valence-electron chi connectivity index (χ0n) is 20.8. The Balaban J connectivity index is 1.14. The smallest absolute Gasteiger partial charge is 0.192 e. The molecule has 6 rings (SSSR count). The Morgan fingerprint density at radius 3 is 2.22 bits per heavy atom. The fraction of sp³-hybridized carbons (Fsp3) is 0.357. The molecule has 2 N–H and O–H groups in total. The van der Waals surface area contributed by atoms with Gasteiger partial charge in [-0.1, -0.05) is 0 Å². The number of methoxy groups -OCH3 is 1. The van der Waals surface area contributed by atoms with Crippen molar-refractivity contribution in [1.82, 2.24) is 14.9 Å². The van der Waals surface area contributed by atoms with Crippen LogP contribution in [-0.2, 0) is 0 Å². The third-order valence-corrected chi connectivity index (χ3v) is 7.87. The number of pyridine rings is 2. The molecule has 8 nitrogen and oxygen atoms in total. The van der Waals surface area contributed by atoms with Crippen LogP contribution >= 0.6 is 0 Å². The van der Waals surface area contributed by atoms with Crippen LogP contribution in [0.1, 0.15) is 12.8 Å². The first-order valence-corrected chi connectivity index (χ1v) is 12.8. The van der Waals surface area contributed by atoms with E-state index >= 15 is 0 Å². The van der Waals surface area contributed by atoms with Gasteiger partial charge in [-0.05, 0) is 31.0 Å². The Morgan fingerprint density at radius 1 is 0.811 bits per heavy atom. The number of halogens is 1. The van der Waals surface area contributed by atoms with Gasteiger partial charge in [-0.15, -0.1) is 0 Å². The molecule has 37 heavy (non-hydrogen) atoms. The van der Waals surface area contributed by atoms with Crippen LogP contribution in [0.2, 0.25) is 0 Å². The number of ether oxygens (including phenoxy) is 1. The average molecular weight is 504 g/mol. The first-order chi connectivity index (χ1) is 18.0. The molecule has 0 spiro atoms. The van der Waals surface area contributed by atoms with Gasteiger partial charge in [-0.25, -0.2) is 4.39 Å². The maximum Gasteiger partial charge on any atom is 0.192 e. The Bertz CT molecular complexity index is 1570. The van der Waals surface area contributed by atoms with Crippen LogP contribution < -0.4 is 25.4 Å². The van der Waals surface area contributed by atoms with Crippen molar-refractivity contribution in [2.75, 3.05) is 56.2 Å². The summed E-state index contributed by atoms with van der Waals surface area (Å²) in [6, 6.07) is 10.4. The molecule has 0 unspecified atom stereocenters. The lowest BCUT2D eigenvalue weighted by Gasteiger charge is -2.44. The summed E-state index contributed by atoms with van der Waals surface area (Å²) in [5.74, 6) is 0.199. The molecule has 0 aliphatic carbocycles. The highest BCUT2D eigenvalue weighted by molar-refractivity contribution is 5.92. The summed E-state index contributed by atoms with van der Waals surface area (Å²) in [5, 5.41) is 0.769. The lowest BCUT2D eigenvalue weighted by molar-refractivity contribution is 0.160. The molecular formula is C28H30FN5O3. The number of benzene rings is 2. The summed E-state index contributed by atoms with van der Waals surface area (Å²) in [6.45, 7) is 5.31. The minimum Gasteiger partial charge on any atom is -0.497 e. The molecule has 2 aromatic heterocycles. The summed E-state index contributed by atoms with van der Waals surface area (Å²) < 4.78 is 19.8. The van der Waals surface area contributed by atoms with E-state index in [0.717, 1.165) is 69.0 Å². The van der Waals surface area contributed by atoms with Crippen molar-refractivity contribution in [3.05, 3.63) is 75.1 Å². The molecule has 2 fully saturated rings. The predicted octanol–water partition coefficient (Wildman–Crippen LogP) is 3.31. The molecule has 0 bridgehead atoms. The minimum absolute atomic E-state index is 0.0164. The molecule has 192 valence electrons. The van der Waals surface area contributed by atoms with Gasteiger partial charge in [0.2, 0.25) is 0 Å². The lowest BCUT2D eigenvalue weighted by atomic mass is 10.0. The number of fused-ring (bicyclic) bond motifs is 2. The molecule has 4 aromatic rings. The predicted molar refractivity (Wildman–Crippen MR) is 145 cm³/mol. The van der Waals surface area contributed by atoms with Crippen LogP contribution in [0, 0.1) is 5.82 Å². The lowest BCUT2D eigenvalue weighted by Crippen LogP contribution is -2.53. The van der Waals surface area contributed by atoms with Crippen LogP contribution in [0.4, 0.5) is 15.8 Å². The van der Waals surface area contributed by atoms with Crippen molar-refractivity contribution in [2.24, 2.45) is 0 Å². The van der Waals surface area contributed by atoms with Crippen molar-refractivity contribution >= 4 is 33.2 Å². The first-order valence-electron chi connectivity index (χ1n) is 12.8. The Hall–Kier alpha value is -3.85. The third-order valence-electron chi connectivity index (χ3n) is 7.87. The van der Waals surface area contributed by atoms with Crippen LogP contribution in [0.25, 0.3) is 21.8 Å². The highest BCUT2D eigenvalue weighted by Crippen LogP contribution is 2.32. The molecular weight excluding hydrogens is 473 g/mol. The zero-order valence-corrected chi connectivity index (χ0v) is 20.8. The summed E-state index contributed by atoms with van der Waals surface area (Å²) in [7, 11) is 1.62. The third kappa shape index (κ3) is 4.23. The van der Waals surface area contributed by atoms with Crippen molar-refractivity contribution in [2.45, 2.75) is 18.9 Å². The van der Waals surface area contributed by atoms with Crippen molar-refractivity contribution < 1.29 is 9.13 Å². The fourth-order valence-corrected chi connectivity index (χ4v) is 5.91. The van der Waals surface area contributed by atoms with Gasteiger partial charge in [0.25, 0.3) is 0 Å². The molecule has 2 aliphatic rings. The van der Waals surface area contributed by atoms with Gasteiger partial charge in [0.1, 0.15) is 11.6 Å². The van der Waals surface area contributed by atoms with E-state index in [0.29, 0.717) is 22.7 Å². The second kappa shape index (κ2) is 9.55. The van der Waals surface area contributed by atoms with Crippen LogP contribution in [0.15, 0.2) is 58.4 Å². The Morgan fingerprint density at radius 2 is 1.49 bits per heavy atom. The standard InChI is InChI=1S/C28H30FN5O3/c1-37-19-16-20-24(35)4-8-30-27(20)23(17-19)34-14-12-32(13-15-34)18-6-10-33(11-7-18)22-3-2-21(29)26-25(36)5-9-31-28(22)26/h2-5,8-9,16-18H,6-7,10-15H2,1H3,(H,30,35)(H,31,36). The quantitative estimate of drug-likeness (QED) is 0.445. The summed E-state index contributed by atoms with van der Waals surface area (Å²) in [5.41, 5.74) is 2.99. The fourth-order valence-electron chi connectivity index (χ4n) is 5.91. The molecule has 9 heteroatoms. The number of hydrogen-bond donors (Lipinski definition) is 2. The van der Waals surface area contributed by atoms with E-state index in [2.05, 4.69) is 24.7 Å². The number of aromatic amines is 2. The van der Waals surface area contributed by atoms with Crippen LogP contribution in [0.3, 0.4) is 0 Å². The molecule has 2 saturated heterocycles. The van der Waals surface area contributed by atoms with Crippen LogP contribution in [0.5, 0.6) is 5.75 Å². The number of H-pyrrole nitrogens is 2. The summed E-state index contributed by atoms with van der Waals surface area (Å²) in [4.78, 5) is 38.2.